The van der Waals surface area contributed by atoms with Crippen molar-refractivity contribution in [3.05, 3.63) is 5.41 Å². The van der Waals surface area contributed by atoms with Crippen LogP contribution in [-0.2, 0) is 0 Å². The van der Waals surface area contributed by atoms with Gasteiger partial charge in [-0.25, -0.2) is 5.84 Å². The maximum Gasteiger partial charge on any atom is 2.00 e. The number of aliphatic hydroxyl groups excluding tert-OH is 1. The summed E-state index contributed by atoms with van der Waals surface area (Å²) in [6, 6.07) is 0.494. The van der Waals surface area contributed by atoms with Crippen LogP contribution in [0.2, 0.25) is 0 Å². The predicted octanol–water partition coefficient (Wildman–Crippen LogP) is 0.281. The molecule has 2 N–H and O–H groups in total. The monoisotopic (exact) mass is 419 g/mol. The summed E-state index contributed by atoms with van der Waals surface area (Å²) in [4.78, 5) is 3.66. The molecule has 0 amide bonds. The number of aliphatic hydroxyl groups is 1. The van der Waals surface area contributed by atoms with E-state index in [1.165, 1.54) is 0 Å². The summed E-state index contributed by atoms with van der Waals surface area (Å²) in [5.74, 6) is 0.232. The average molecular weight is 419 g/mol. The zero-order valence-electron chi connectivity index (χ0n) is 8.49. The molecule has 0 heterocycles. The molecule has 0 spiro atoms. The van der Waals surface area contributed by atoms with Crippen molar-refractivity contribution in [3.8, 4) is 0 Å². The molecule has 1 atom stereocenters. The third-order valence-corrected chi connectivity index (χ3v) is 2.28. The van der Waals surface area contributed by atoms with E-state index in [4.69, 9.17) is 5.11 Å². The second-order valence-electron chi connectivity index (χ2n) is 3.43. The molecular formula is C9H15N3OU. The van der Waals surface area contributed by atoms with Gasteiger partial charge in [0.2, 0.25) is 0 Å². The Morgan fingerprint density at radius 3 is 2.64 bits per heavy atom. The molecule has 14 heavy (non-hydrogen) atoms. The van der Waals surface area contributed by atoms with Crippen molar-refractivity contribution in [2.24, 2.45) is 10.9 Å². The first-order chi connectivity index (χ1) is 6.13. The molecule has 0 aliphatic heterocycles. The summed E-state index contributed by atoms with van der Waals surface area (Å²) in [6.45, 7) is 1.55. The van der Waals surface area contributed by atoms with E-state index in [1.54, 1.807) is 6.92 Å². The predicted molar refractivity (Wildman–Crippen MR) is 53.1 cm³/mol. The Labute approximate surface area is 108 Å². The smallest absolute Gasteiger partial charge is 0.642 e. The third kappa shape index (κ3) is 4.22. The molecule has 0 bridgehead atoms. The van der Waals surface area contributed by atoms with Gasteiger partial charge in [0.15, 0.2) is 0 Å². The Kier molecular flexibility index (Phi) is 6.88. The van der Waals surface area contributed by atoms with Crippen LogP contribution in [-0.4, -0.2) is 36.4 Å². The molecule has 0 aromatic heterocycles. The summed E-state index contributed by atoms with van der Waals surface area (Å²) >= 11 is 0. The fourth-order valence-electron chi connectivity index (χ4n) is 1.32. The van der Waals surface area contributed by atoms with Crippen molar-refractivity contribution in [1.29, 1.82) is 0 Å². The minimum atomic E-state index is -0.720. The number of rotatable bonds is 3. The second kappa shape index (κ2) is 6.73. The molecule has 1 aliphatic rings. The molecular weight excluding hydrogens is 404 g/mol. The Morgan fingerprint density at radius 1 is 1.64 bits per heavy atom. The van der Waals surface area contributed by atoms with Crippen LogP contribution in [0.5, 0.6) is 0 Å². The van der Waals surface area contributed by atoms with Crippen molar-refractivity contribution >= 4 is 12.1 Å². The topological polar surface area (TPSA) is 66.9 Å². The molecule has 1 fully saturated rings. The number of nitrogens with one attached hydrogen (secondary N) is 1. The summed E-state index contributed by atoms with van der Waals surface area (Å²) in [5, 5.41) is 21.3. The normalized spacial score (nSPS) is 27.9. The van der Waals surface area contributed by atoms with Crippen LogP contribution in [0.15, 0.2) is 4.99 Å². The van der Waals surface area contributed by atoms with Gasteiger partial charge < -0.3 is 20.8 Å². The Bertz CT molecular complexity index is 212. The molecule has 1 saturated carbocycles. The van der Waals surface area contributed by atoms with Crippen LogP contribution < -0.4 is 5.32 Å². The van der Waals surface area contributed by atoms with E-state index in [0.29, 0.717) is 6.04 Å². The summed E-state index contributed by atoms with van der Waals surface area (Å²) < 4.78 is 0. The van der Waals surface area contributed by atoms with Gasteiger partial charge in [-0.05, 0) is 26.0 Å². The van der Waals surface area contributed by atoms with Crippen LogP contribution >= 0.6 is 0 Å². The molecule has 0 saturated heterocycles. The minimum absolute atomic E-state index is 0. The number of hydrogen-bond donors (Lipinski definition) is 2. The van der Waals surface area contributed by atoms with Crippen molar-refractivity contribution in [1.82, 2.24) is 5.32 Å². The second-order valence-corrected chi connectivity index (χ2v) is 3.43. The standard InChI is InChI=1S/C9H15N3O.U/c1-6(13)5-12-9(10)7-3-8(4-7)11-2;/h6-8,11,13H,3-4H2,1-2H3;/q-2;+2/t6-,7?,8?;/m1./s1. The van der Waals surface area contributed by atoms with E-state index in [2.05, 4.69) is 16.5 Å². The van der Waals surface area contributed by atoms with Gasteiger partial charge in [-0.2, -0.15) is 0 Å². The van der Waals surface area contributed by atoms with E-state index in [1.807, 2.05) is 7.05 Å². The van der Waals surface area contributed by atoms with Gasteiger partial charge in [0.05, 0.1) is 0 Å². The molecule has 5 heteroatoms. The van der Waals surface area contributed by atoms with Crippen molar-refractivity contribution in [2.45, 2.75) is 31.9 Å². The largest absolute Gasteiger partial charge is 2.00 e. The summed E-state index contributed by atoms with van der Waals surface area (Å²) in [5.41, 5.74) is 0. The zero-order chi connectivity index (χ0) is 9.84. The fraction of sp³-hybridized carbons (Fsp3) is 0.778. The Morgan fingerprint density at radius 2 is 2.21 bits per heavy atom. The van der Waals surface area contributed by atoms with Crippen molar-refractivity contribution < 1.29 is 36.2 Å². The van der Waals surface area contributed by atoms with Gasteiger partial charge in [0.1, 0.15) is 0 Å². The van der Waals surface area contributed by atoms with Gasteiger partial charge >= 0.3 is 31.1 Å². The fourth-order valence-corrected chi connectivity index (χ4v) is 1.32. The number of hydrogen-bond acceptors (Lipinski definition) is 2. The SMILES string of the molecule is CNC1CC(C(=[N-])N=[C-][C@@H](C)O)C1.[U+2]. The van der Waals surface area contributed by atoms with Gasteiger partial charge in [-0.3, -0.25) is 6.21 Å². The number of nitrogens with zero attached hydrogens (tertiary/aromatic N) is 2. The Balaban J connectivity index is 0.00000169. The van der Waals surface area contributed by atoms with Gasteiger partial charge in [0, 0.05) is 6.04 Å². The average Bonchev–Trinajstić information content (AvgIpc) is 1.99. The molecule has 4 nitrogen and oxygen atoms in total. The first-order valence-electron chi connectivity index (χ1n) is 4.51. The van der Waals surface area contributed by atoms with Crippen LogP contribution in [0.1, 0.15) is 19.8 Å². The zero-order valence-corrected chi connectivity index (χ0v) is 12.7. The van der Waals surface area contributed by atoms with E-state index >= 15 is 0 Å². The van der Waals surface area contributed by atoms with E-state index in [-0.39, 0.29) is 42.9 Å². The van der Waals surface area contributed by atoms with Crippen LogP contribution in [0.4, 0.5) is 0 Å². The summed E-state index contributed by atoms with van der Waals surface area (Å²) in [7, 11) is 1.91. The van der Waals surface area contributed by atoms with Gasteiger partial charge in [-0.15, -0.1) is 0 Å². The molecule has 76 valence electrons. The first kappa shape index (κ1) is 14.3. The quantitative estimate of drug-likeness (QED) is 0.392. The molecule has 0 unspecified atom stereocenters. The van der Waals surface area contributed by atoms with Gasteiger partial charge in [0.25, 0.3) is 0 Å². The van der Waals surface area contributed by atoms with Crippen LogP contribution in [0.25, 0.3) is 5.41 Å². The minimum Gasteiger partial charge on any atom is -0.642 e. The Hall–Kier alpha value is 0.312. The van der Waals surface area contributed by atoms with Crippen LogP contribution in [0, 0.1) is 37.0 Å². The molecule has 0 aromatic carbocycles. The number of amidine groups is 1. The maximum absolute atomic E-state index is 9.38. The molecule has 1 aliphatic carbocycles. The van der Waals surface area contributed by atoms with E-state index in [0.717, 1.165) is 12.8 Å². The molecule has 1 rings (SSSR count). The first-order valence-corrected chi connectivity index (χ1v) is 4.51. The number of aliphatic imine (C=N–C) groups is 1. The van der Waals surface area contributed by atoms with Gasteiger partial charge in [-0.1, -0.05) is 12.8 Å². The van der Waals surface area contributed by atoms with E-state index < -0.39 is 6.10 Å². The van der Waals surface area contributed by atoms with Crippen molar-refractivity contribution in [3.63, 3.8) is 0 Å². The molecule has 0 radical (unpaired) electrons. The van der Waals surface area contributed by atoms with Crippen LogP contribution in [0.3, 0.4) is 0 Å². The summed E-state index contributed by atoms with van der Waals surface area (Å²) in [6.07, 6.45) is 3.50. The van der Waals surface area contributed by atoms with E-state index in [9.17, 15) is 5.41 Å². The third-order valence-electron chi connectivity index (χ3n) is 2.28. The maximum atomic E-state index is 9.38. The van der Waals surface area contributed by atoms with Crippen molar-refractivity contribution in [2.75, 3.05) is 7.05 Å². The molecule has 0 aromatic rings.